The number of anilines is 1. The molecule has 20 heavy (non-hydrogen) atoms. The fraction of sp³-hybridized carbons (Fsp3) is 0.643. The molecule has 1 aliphatic rings. The molecule has 6 nitrogen and oxygen atoms in total. The minimum absolute atomic E-state index is 0.305. The van der Waals surface area contributed by atoms with E-state index in [4.69, 9.17) is 0 Å². The van der Waals surface area contributed by atoms with Gasteiger partial charge in [0.15, 0.2) is 5.82 Å². The molecule has 0 aromatic carbocycles. The zero-order chi connectivity index (χ0) is 14.2. The number of nitrogens with one attached hydrogen (secondary N) is 2. The van der Waals surface area contributed by atoms with Crippen molar-refractivity contribution in [3.05, 3.63) is 18.2 Å². The van der Waals surface area contributed by atoms with Crippen LogP contribution in [-0.2, 0) is 0 Å². The lowest BCUT2D eigenvalue weighted by Crippen LogP contribution is -2.50. The molecule has 1 fully saturated rings. The van der Waals surface area contributed by atoms with Crippen LogP contribution in [0.4, 0.5) is 5.82 Å². The van der Waals surface area contributed by atoms with E-state index in [2.05, 4.69) is 39.7 Å². The summed E-state index contributed by atoms with van der Waals surface area (Å²) in [6.45, 7) is 8.53. The van der Waals surface area contributed by atoms with E-state index >= 15 is 0 Å². The molecule has 3 rings (SSSR count). The second-order valence-corrected chi connectivity index (χ2v) is 6.20. The van der Waals surface area contributed by atoms with E-state index in [1.54, 1.807) is 6.20 Å². The molecule has 0 aliphatic carbocycles. The molecule has 0 amide bonds. The lowest BCUT2D eigenvalue weighted by molar-refractivity contribution is 0.188. The first-order valence-corrected chi connectivity index (χ1v) is 7.21. The Morgan fingerprint density at radius 1 is 1.45 bits per heavy atom. The Labute approximate surface area is 119 Å². The van der Waals surface area contributed by atoms with Gasteiger partial charge in [0.25, 0.3) is 0 Å². The van der Waals surface area contributed by atoms with Crippen LogP contribution in [0.3, 0.4) is 0 Å². The number of rotatable bonds is 3. The Morgan fingerprint density at radius 3 is 3.10 bits per heavy atom. The first kappa shape index (κ1) is 13.3. The van der Waals surface area contributed by atoms with Gasteiger partial charge in [-0.2, -0.15) is 0 Å². The highest BCUT2D eigenvalue weighted by Gasteiger charge is 2.31. The standard InChI is InChI=1S/C14H22N6/c1-10-18-19-13-12(16-7-8-20(10)13)17-9-11-14(2,3)5-4-6-15-11/h7-8,11,15H,4-6,9H2,1-3H3,(H,16,17). The number of aromatic nitrogens is 4. The first-order valence-electron chi connectivity index (χ1n) is 7.21. The maximum Gasteiger partial charge on any atom is 0.203 e. The van der Waals surface area contributed by atoms with Gasteiger partial charge in [-0.05, 0) is 31.7 Å². The van der Waals surface area contributed by atoms with E-state index < -0.39 is 0 Å². The van der Waals surface area contributed by atoms with Gasteiger partial charge in [0, 0.05) is 25.0 Å². The van der Waals surface area contributed by atoms with Crippen molar-refractivity contribution in [1.82, 2.24) is 24.9 Å². The van der Waals surface area contributed by atoms with Gasteiger partial charge >= 0.3 is 0 Å². The number of aryl methyl sites for hydroxylation is 1. The highest BCUT2D eigenvalue weighted by molar-refractivity contribution is 5.62. The van der Waals surface area contributed by atoms with Gasteiger partial charge in [-0.15, -0.1) is 10.2 Å². The van der Waals surface area contributed by atoms with Crippen molar-refractivity contribution in [3.8, 4) is 0 Å². The number of hydrogen-bond acceptors (Lipinski definition) is 5. The second-order valence-electron chi connectivity index (χ2n) is 6.20. The van der Waals surface area contributed by atoms with Crippen LogP contribution in [0.15, 0.2) is 12.4 Å². The molecule has 108 valence electrons. The van der Waals surface area contributed by atoms with Gasteiger partial charge in [0.1, 0.15) is 5.82 Å². The smallest absolute Gasteiger partial charge is 0.203 e. The molecule has 0 saturated carbocycles. The van der Waals surface area contributed by atoms with Gasteiger partial charge in [0.2, 0.25) is 5.65 Å². The molecule has 2 aromatic heterocycles. The molecule has 2 aromatic rings. The summed E-state index contributed by atoms with van der Waals surface area (Å²) in [5.41, 5.74) is 1.10. The van der Waals surface area contributed by atoms with E-state index in [-0.39, 0.29) is 0 Å². The minimum atomic E-state index is 0.305. The van der Waals surface area contributed by atoms with Crippen molar-refractivity contribution in [1.29, 1.82) is 0 Å². The zero-order valence-electron chi connectivity index (χ0n) is 12.3. The van der Waals surface area contributed by atoms with Crippen LogP contribution < -0.4 is 10.6 Å². The fourth-order valence-corrected chi connectivity index (χ4v) is 2.88. The molecule has 0 spiro atoms. The van der Waals surface area contributed by atoms with Crippen LogP contribution in [0.2, 0.25) is 0 Å². The summed E-state index contributed by atoms with van der Waals surface area (Å²) in [6, 6.07) is 0.447. The molecule has 0 bridgehead atoms. The Balaban J connectivity index is 1.77. The average Bonchev–Trinajstić information content (AvgIpc) is 2.80. The molecule has 1 unspecified atom stereocenters. The predicted octanol–water partition coefficient (Wildman–Crippen LogP) is 1.62. The monoisotopic (exact) mass is 274 g/mol. The average molecular weight is 274 g/mol. The molecule has 6 heteroatoms. The van der Waals surface area contributed by atoms with Gasteiger partial charge in [0.05, 0.1) is 0 Å². The van der Waals surface area contributed by atoms with Crippen LogP contribution >= 0.6 is 0 Å². The SMILES string of the molecule is Cc1nnc2c(NCC3NCCCC3(C)C)nccn12. The van der Waals surface area contributed by atoms with Crippen LogP contribution in [0.25, 0.3) is 5.65 Å². The third kappa shape index (κ3) is 2.35. The maximum absolute atomic E-state index is 4.39. The van der Waals surface area contributed by atoms with Gasteiger partial charge in [-0.3, -0.25) is 4.40 Å². The Hall–Kier alpha value is -1.69. The highest BCUT2D eigenvalue weighted by atomic mass is 15.3. The summed E-state index contributed by atoms with van der Waals surface area (Å²) in [5.74, 6) is 1.68. The minimum Gasteiger partial charge on any atom is -0.365 e. The van der Waals surface area contributed by atoms with Crippen molar-refractivity contribution >= 4 is 11.5 Å². The fourth-order valence-electron chi connectivity index (χ4n) is 2.88. The van der Waals surface area contributed by atoms with Crippen molar-refractivity contribution in [2.24, 2.45) is 5.41 Å². The normalized spacial score (nSPS) is 22.1. The molecule has 2 N–H and O–H groups in total. The topological polar surface area (TPSA) is 67.1 Å². The van der Waals surface area contributed by atoms with Crippen molar-refractivity contribution < 1.29 is 0 Å². The van der Waals surface area contributed by atoms with Crippen molar-refractivity contribution in [2.75, 3.05) is 18.4 Å². The van der Waals surface area contributed by atoms with Gasteiger partial charge in [-0.1, -0.05) is 13.8 Å². The molecule has 0 radical (unpaired) electrons. The van der Waals surface area contributed by atoms with Crippen LogP contribution in [0.1, 0.15) is 32.5 Å². The summed E-state index contributed by atoms with van der Waals surface area (Å²) < 4.78 is 1.95. The Kier molecular flexibility index (Phi) is 3.33. The second kappa shape index (κ2) is 5.01. The van der Waals surface area contributed by atoms with Crippen LogP contribution in [0.5, 0.6) is 0 Å². The third-order valence-corrected chi connectivity index (χ3v) is 4.30. The summed E-state index contributed by atoms with van der Waals surface area (Å²) in [7, 11) is 0. The molecule has 1 atom stereocenters. The first-order chi connectivity index (χ1) is 9.58. The van der Waals surface area contributed by atoms with E-state index in [9.17, 15) is 0 Å². The molecular weight excluding hydrogens is 252 g/mol. The van der Waals surface area contributed by atoms with E-state index in [1.807, 2.05) is 17.5 Å². The van der Waals surface area contributed by atoms with Gasteiger partial charge < -0.3 is 10.6 Å². The predicted molar refractivity (Wildman–Crippen MR) is 78.8 cm³/mol. The molecule has 1 aliphatic heterocycles. The van der Waals surface area contributed by atoms with Crippen molar-refractivity contribution in [2.45, 2.75) is 39.7 Å². The van der Waals surface area contributed by atoms with Crippen LogP contribution in [0, 0.1) is 12.3 Å². The number of hydrogen-bond donors (Lipinski definition) is 2. The highest BCUT2D eigenvalue weighted by Crippen LogP contribution is 2.30. The van der Waals surface area contributed by atoms with Crippen LogP contribution in [-0.4, -0.2) is 38.7 Å². The summed E-state index contributed by atoms with van der Waals surface area (Å²) in [4.78, 5) is 4.39. The molecule has 1 saturated heterocycles. The van der Waals surface area contributed by atoms with Crippen molar-refractivity contribution in [3.63, 3.8) is 0 Å². The lowest BCUT2D eigenvalue weighted by Gasteiger charge is -2.39. The Morgan fingerprint density at radius 2 is 2.30 bits per heavy atom. The lowest BCUT2D eigenvalue weighted by atomic mass is 9.77. The largest absolute Gasteiger partial charge is 0.365 e. The number of fused-ring (bicyclic) bond motifs is 1. The number of piperidine rings is 1. The zero-order valence-corrected chi connectivity index (χ0v) is 12.3. The Bertz CT molecular complexity index is 603. The third-order valence-electron chi connectivity index (χ3n) is 4.30. The van der Waals surface area contributed by atoms with Gasteiger partial charge in [-0.25, -0.2) is 4.98 Å². The molecule has 3 heterocycles. The maximum atomic E-state index is 4.39. The summed E-state index contributed by atoms with van der Waals surface area (Å²) in [5, 5.41) is 15.3. The summed E-state index contributed by atoms with van der Waals surface area (Å²) >= 11 is 0. The molecular formula is C14H22N6. The van der Waals surface area contributed by atoms with E-state index in [0.29, 0.717) is 11.5 Å². The van der Waals surface area contributed by atoms with E-state index in [0.717, 1.165) is 30.4 Å². The summed E-state index contributed by atoms with van der Waals surface area (Å²) in [6.07, 6.45) is 6.18. The van der Waals surface area contributed by atoms with E-state index in [1.165, 1.54) is 12.8 Å². The quantitative estimate of drug-likeness (QED) is 0.890. The number of nitrogens with zero attached hydrogens (tertiary/aromatic N) is 4.